The Hall–Kier alpha value is -2.69. The molecule has 1 aromatic carbocycles. The van der Waals surface area contributed by atoms with Crippen LogP contribution in [0.4, 0.5) is 5.69 Å². The zero-order chi connectivity index (χ0) is 18.4. The molecular formula is C20H25N3O2. The van der Waals surface area contributed by atoms with Gasteiger partial charge in [-0.15, -0.1) is 0 Å². The molecule has 0 bridgehead atoms. The van der Waals surface area contributed by atoms with Crippen LogP contribution < -0.4 is 10.6 Å². The molecule has 2 amide bonds. The molecule has 0 fully saturated rings. The number of amides is 2. The summed E-state index contributed by atoms with van der Waals surface area (Å²) in [5, 5.41) is 5.69. The molecule has 0 aliphatic carbocycles. The number of carbonyl (C=O) groups is 2. The van der Waals surface area contributed by atoms with E-state index in [1.165, 1.54) is 17.8 Å². The van der Waals surface area contributed by atoms with Gasteiger partial charge in [0.2, 0.25) is 0 Å². The Morgan fingerprint density at radius 3 is 2.32 bits per heavy atom. The fraction of sp³-hybridized carbons (Fsp3) is 0.350. The van der Waals surface area contributed by atoms with Gasteiger partial charge in [0.05, 0.1) is 0 Å². The van der Waals surface area contributed by atoms with Crippen molar-refractivity contribution >= 4 is 17.5 Å². The topological polar surface area (TPSA) is 71.1 Å². The second-order valence-corrected chi connectivity index (χ2v) is 6.44. The maximum absolute atomic E-state index is 12.4. The lowest BCUT2D eigenvalue weighted by Gasteiger charge is -2.11. The molecule has 25 heavy (non-hydrogen) atoms. The molecule has 2 N–H and O–H groups in total. The van der Waals surface area contributed by atoms with Crippen LogP contribution in [0.25, 0.3) is 0 Å². The highest BCUT2D eigenvalue weighted by atomic mass is 16.2. The Morgan fingerprint density at radius 2 is 1.72 bits per heavy atom. The number of nitrogens with zero attached hydrogens (tertiary/aromatic N) is 1. The van der Waals surface area contributed by atoms with Gasteiger partial charge < -0.3 is 10.6 Å². The summed E-state index contributed by atoms with van der Waals surface area (Å²) in [4.78, 5) is 28.6. The summed E-state index contributed by atoms with van der Waals surface area (Å²) < 4.78 is 0. The molecular weight excluding hydrogens is 314 g/mol. The van der Waals surface area contributed by atoms with Gasteiger partial charge in [0, 0.05) is 23.5 Å². The normalized spacial score (nSPS) is 11.9. The van der Waals surface area contributed by atoms with E-state index in [0.717, 1.165) is 12.1 Å². The molecule has 5 heteroatoms. The Kier molecular flexibility index (Phi) is 6.28. The standard InChI is InChI=1S/C20H25N3O2/c1-5-14(4)22-20(25)18-12-16(10-11-21-18)19(24)23-17-8-6-15(7-9-17)13(2)3/h6-14H,5H2,1-4H3,(H,22,25)(H,23,24). The molecule has 0 radical (unpaired) electrons. The summed E-state index contributed by atoms with van der Waals surface area (Å²) in [6, 6.07) is 10.9. The summed E-state index contributed by atoms with van der Waals surface area (Å²) in [7, 11) is 0. The van der Waals surface area contributed by atoms with Gasteiger partial charge in [-0.3, -0.25) is 14.6 Å². The minimum absolute atomic E-state index is 0.0613. The molecule has 0 saturated carbocycles. The van der Waals surface area contributed by atoms with Gasteiger partial charge >= 0.3 is 0 Å². The number of carbonyl (C=O) groups excluding carboxylic acids is 2. The lowest BCUT2D eigenvalue weighted by Crippen LogP contribution is -2.32. The van der Waals surface area contributed by atoms with Gasteiger partial charge in [-0.05, 0) is 49.1 Å². The summed E-state index contributed by atoms with van der Waals surface area (Å²) in [6.07, 6.45) is 2.31. The van der Waals surface area contributed by atoms with E-state index >= 15 is 0 Å². The second-order valence-electron chi connectivity index (χ2n) is 6.44. The number of benzene rings is 1. The Labute approximate surface area is 148 Å². The van der Waals surface area contributed by atoms with Crippen molar-refractivity contribution in [3.63, 3.8) is 0 Å². The van der Waals surface area contributed by atoms with E-state index in [-0.39, 0.29) is 23.6 Å². The molecule has 0 aliphatic rings. The van der Waals surface area contributed by atoms with Gasteiger partial charge in [-0.25, -0.2) is 0 Å². The number of pyridine rings is 1. The predicted molar refractivity (Wildman–Crippen MR) is 99.9 cm³/mol. The van der Waals surface area contributed by atoms with Crippen molar-refractivity contribution in [3.05, 3.63) is 59.4 Å². The highest BCUT2D eigenvalue weighted by molar-refractivity contribution is 6.05. The molecule has 5 nitrogen and oxygen atoms in total. The van der Waals surface area contributed by atoms with Crippen molar-refractivity contribution in [3.8, 4) is 0 Å². The smallest absolute Gasteiger partial charge is 0.270 e. The third-order valence-electron chi connectivity index (χ3n) is 4.08. The number of hydrogen-bond acceptors (Lipinski definition) is 3. The molecule has 0 saturated heterocycles. The quantitative estimate of drug-likeness (QED) is 0.836. The maximum atomic E-state index is 12.4. The van der Waals surface area contributed by atoms with Gasteiger partial charge in [0.25, 0.3) is 11.8 Å². The SMILES string of the molecule is CCC(C)NC(=O)c1cc(C(=O)Nc2ccc(C(C)C)cc2)ccn1. The molecule has 2 aromatic rings. The first kappa shape index (κ1) is 18.6. The number of aromatic nitrogens is 1. The van der Waals surface area contributed by atoms with Crippen LogP contribution in [0.2, 0.25) is 0 Å². The zero-order valence-electron chi connectivity index (χ0n) is 15.2. The maximum Gasteiger partial charge on any atom is 0.270 e. The fourth-order valence-electron chi connectivity index (χ4n) is 2.25. The average molecular weight is 339 g/mol. The van der Waals surface area contributed by atoms with Crippen LogP contribution in [0.5, 0.6) is 0 Å². The largest absolute Gasteiger partial charge is 0.348 e. The van der Waals surface area contributed by atoms with Gasteiger partial charge in [-0.2, -0.15) is 0 Å². The van der Waals surface area contributed by atoms with E-state index in [1.54, 1.807) is 6.07 Å². The van der Waals surface area contributed by atoms with Crippen molar-refractivity contribution in [1.82, 2.24) is 10.3 Å². The highest BCUT2D eigenvalue weighted by Crippen LogP contribution is 2.17. The van der Waals surface area contributed by atoms with E-state index in [4.69, 9.17) is 0 Å². The lowest BCUT2D eigenvalue weighted by molar-refractivity contribution is 0.0934. The Balaban J connectivity index is 2.09. The van der Waals surface area contributed by atoms with Crippen molar-refractivity contribution in [2.75, 3.05) is 5.32 Å². The summed E-state index contributed by atoms with van der Waals surface area (Å²) >= 11 is 0. The first-order chi connectivity index (χ1) is 11.9. The molecule has 0 aliphatic heterocycles. The van der Waals surface area contributed by atoms with E-state index in [0.29, 0.717) is 11.5 Å². The van der Waals surface area contributed by atoms with Gasteiger partial charge in [0.1, 0.15) is 5.69 Å². The Morgan fingerprint density at radius 1 is 1.04 bits per heavy atom. The van der Waals surface area contributed by atoms with Gasteiger partial charge in [-0.1, -0.05) is 32.9 Å². The van der Waals surface area contributed by atoms with Crippen LogP contribution in [0.15, 0.2) is 42.6 Å². The lowest BCUT2D eigenvalue weighted by atomic mass is 10.0. The third-order valence-corrected chi connectivity index (χ3v) is 4.08. The minimum Gasteiger partial charge on any atom is -0.348 e. The summed E-state index contributed by atoms with van der Waals surface area (Å²) in [5.74, 6) is -0.0981. The summed E-state index contributed by atoms with van der Waals surface area (Å²) in [6.45, 7) is 8.16. The van der Waals surface area contributed by atoms with E-state index in [1.807, 2.05) is 38.1 Å². The van der Waals surface area contributed by atoms with E-state index in [9.17, 15) is 9.59 Å². The molecule has 0 spiro atoms. The van der Waals surface area contributed by atoms with Crippen LogP contribution >= 0.6 is 0 Å². The second kappa shape index (κ2) is 8.42. The van der Waals surface area contributed by atoms with E-state index < -0.39 is 0 Å². The number of rotatable bonds is 6. The Bertz CT molecular complexity index is 739. The summed E-state index contributed by atoms with van der Waals surface area (Å²) in [5.41, 5.74) is 2.57. The predicted octanol–water partition coefficient (Wildman–Crippen LogP) is 3.99. The minimum atomic E-state index is -0.273. The average Bonchev–Trinajstić information content (AvgIpc) is 2.62. The van der Waals surface area contributed by atoms with Crippen LogP contribution in [-0.2, 0) is 0 Å². The third kappa shape index (κ3) is 5.14. The fourth-order valence-corrected chi connectivity index (χ4v) is 2.25. The van der Waals surface area contributed by atoms with Crippen molar-refractivity contribution in [2.24, 2.45) is 0 Å². The molecule has 1 heterocycles. The molecule has 1 aromatic heterocycles. The number of anilines is 1. The molecule has 1 atom stereocenters. The first-order valence-electron chi connectivity index (χ1n) is 8.59. The highest BCUT2D eigenvalue weighted by Gasteiger charge is 2.13. The monoisotopic (exact) mass is 339 g/mol. The number of nitrogens with one attached hydrogen (secondary N) is 2. The molecule has 1 unspecified atom stereocenters. The van der Waals surface area contributed by atoms with Crippen LogP contribution in [-0.4, -0.2) is 22.8 Å². The van der Waals surface area contributed by atoms with Gasteiger partial charge in [0.15, 0.2) is 0 Å². The first-order valence-corrected chi connectivity index (χ1v) is 8.59. The van der Waals surface area contributed by atoms with Crippen LogP contribution in [0.3, 0.4) is 0 Å². The molecule has 132 valence electrons. The van der Waals surface area contributed by atoms with Crippen molar-refractivity contribution in [2.45, 2.75) is 46.1 Å². The molecule has 2 rings (SSSR count). The zero-order valence-corrected chi connectivity index (χ0v) is 15.2. The van der Waals surface area contributed by atoms with Crippen LogP contribution in [0.1, 0.15) is 66.4 Å². The van der Waals surface area contributed by atoms with Crippen molar-refractivity contribution in [1.29, 1.82) is 0 Å². The van der Waals surface area contributed by atoms with Crippen molar-refractivity contribution < 1.29 is 9.59 Å². The number of hydrogen-bond donors (Lipinski definition) is 2. The van der Waals surface area contributed by atoms with Crippen LogP contribution in [0, 0.1) is 0 Å². The van der Waals surface area contributed by atoms with E-state index in [2.05, 4.69) is 29.5 Å².